The van der Waals surface area contributed by atoms with Gasteiger partial charge in [-0.2, -0.15) is 0 Å². The quantitative estimate of drug-likeness (QED) is 0.908. The zero-order valence-corrected chi connectivity index (χ0v) is 13.4. The number of nitrogens with zero attached hydrogens (tertiary/aromatic N) is 1. The second-order valence-electron chi connectivity index (χ2n) is 6.51. The number of hydrogen-bond donors (Lipinski definition) is 1. The van der Waals surface area contributed by atoms with Crippen LogP contribution in [0, 0.1) is 11.6 Å². The van der Waals surface area contributed by atoms with E-state index in [2.05, 4.69) is 5.43 Å². The van der Waals surface area contributed by atoms with Gasteiger partial charge in [0.1, 0.15) is 17.2 Å². The lowest BCUT2D eigenvalue weighted by atomic mass is 9.89. The van der Waals surface area contributed by atoms with Gasteiger partial charge in [-0.1, -0.05) is 0 Å². The second kappa shape index (κ2) is 6.52. The third kappa shape index (κ3) is 4.64. The predicted molar refractivity (Wildman–Crippen MR) is 79.4 cm³/mol. The van der Waals surface area contributed by atoms with Crippen molar-refractivity contribution in [3.63, 3.8) is 0 Å². The number of carbonyl (C=O) groups is 2. The zero-order chi connectivity index (χ0) is 17.2. The van der Waals surface area contributed by atoms with Crippen LogP contribution in [0.25, 0.3) is 0 Å². The molecule has 0 saturated carbocycles. The Kier molecular flexibility index (Phi) is 4.87. The summed E-state index contributed by atoms with van der Waals surface area (Å²) in [7, 11) is 0. The number of hydrazine groups is 1. The number of piperidine rings is 1. The minimum absolute atomic E-state index is 0.00380. The van der Waals surface area contributed by atoms with Crippen molar-refractivity contribution in [2.24, 2.45) is 0 Å². The van der Waals surface area contributed by atoms with Crippen molar-refractivity contribution in [2.75, 3.05) is 6.54 Å². The van der Waals surface area contributed by atoms with E-state index in [9.17, 15) is 18.4 Å². The third-order valence-electron chi connectivity index (χ3n) is 3.45. The minimum atomic E-state index is -0.721. The van der Waals surface area contributed by atoms with Crippen molar-refractivity contribution in [2.45, 2.75) is 45.1 Å². The fraction of sp³-hybridized carbons (Fsp3) is 0.500. The summed E-state index contributed by atoms with van der Waals surface area (Å²) in [4.78, 5) is 23.8. The van der Waals surface area contributed by atoms with Crippen LogP contribution < -0.4 is 5.43 Å². The molecule has 7 heteroatoms. The van der Waals surface area contributed by atoms with E-state index < -0.39 is 29.2 Å². The number of nitrogens with one attached hydrogen (secondary N) is 1. The Morgan fingerprint density at radius 2 is 2.04 bits per heavy atom. The van der Waals surface area contributed by atoms with Gasteiger partial charge in [0.05, 0.1) is 0 Å². The van der Waals surface area contributed by atoms with Crippen LogP contribution in [0.15, 0.2) is 18.2 Å². The van der Waals surface area contributed by atoms with E-state index in [1.165, 1.54) is 0 Å². The first-order chi connectivity index (χ1) is 10.7. The first-order valence-electron chi connectivity index (χ1n) is 7.40. The summed E-state index contributed by atoms with van der Waals surface area (Å²) >= 11 is 0. The highest BCUT2D eigenvalue weighted by Gasteiger charge is 2.30. The fourth-order valence-corrected chi connectivity index (χ4v) is 2.45. The van der Waals surface area contributed by atoms with Crippen molar-refractivity contribution >= 4 is 12.0 Å². The van der Waals surface area contributed by atoms with Gasteiger partial charge >= 0.3 is 6.09 Å². The highest BCUT2D eigenvalue weighted by atomic mass is 19.1. The zero-order valence-electron chi connectivity index (χ0n) is 13.4. The van der Waals surface area contributed by atoms with E-state index in [0.29, 0.717) is 6.42 Å². The van der Waals surface area contributed by atoms with Gasteiger partial charge in [-0.25, -0.2) is 19.0 Å². The van der Waals surface area contributed by atoms with Crippen molar-refractivity contribution in [3.05, 3.63) is 35.4 Å². The Bertz CT molecular complexity index is 614. The van der Waals surface area contributed by atoms with E-state index >= 15 is 0 Å². The van der Waals surface area contributed by atoms with Crippen LogP contribution in [-0.4, -0.2) is 29.2 Å². The summed E-state index contributed by atoms with van der Waals surface area (Å²) in [6, 6.07) is 3.21. The lowest BCUT2D eigenvalue weighted by Gasteiger charge is -2.32. The SMILES string of the molecule is CC(C)(C)OC(=O)NN1CC[C@@H](c2cc(F)ccc2F)CC1=O. The molecule has 0 radical (unpaired) electrons. The van der Waals surface area contributed by atoms with E-state index in [-0.39, 0.29) is 24.4 Å². The Morgan fingerprint density at radius 1 is 1.35 bits per heavy atom. The topological polar surface area (TPSA) is 58.6 Å². The number of ether oxygens (including phenoxy) is 1. The molecule has 2 amide bonds. The Labute approximate surface area is 133 Å². The molecular formula is C16H20F2N2O3. The maximum absolute atomic E-state index is 13.8. The Hall–Kier alpha value is -2.18. The number of carbonyl (C=O) groups excluding carboxylic acids is 2. The van der Waals surface area contributed by atoms with Crippen molar-refractivity contribution in [1.29, 1.82) is 0 Å². The van der Waals surface area contributed by atoms with Crippen molar-refractivity contribution < 1.29 is 23.1 Å². The normalized spacial score (nSPS) is 18.7. The molecule has 1 heterocycles. The number of halogens is 2. The van der Waals surface area contributed by atoms with Gasteiger partial charge in [-0.15, -0.1) is 0 Å². The summed E-state index contributed by atoms with van der Waals surface area (Å²) in [6.07, 6.45) is -0.306. The minimum Gasteiger partial charge on any atom is -0.443 e. The van der Waals surface area contributed by atoms with Crippen molar-refractivity contribution in [3.8, 4) is 0 Å². The molecule has 126 valence electrons. The number of amides is 2. The van der Waals surface area contributed by atoms with Gasteiger partial charge in [-0.05, 0) is 56.9 Å². The lowest BCUT2D eigenvalue weighted by molar-refractivity contribution is -0.137. The summed E-state index contributed by atoms with van der Waals surface area (Å²) in [5.41, 5.74) is 1.90. The maximum atomic E-state index is 13.8. The smallest absolute Gasteiger partial charge is 0.426 e. The molecule has 23 heavy (non-hydrogen) atoms. The van der Waals surface area contributed by atoms with Gasteiger partial charge < -0.3 is 4.74 Å². The van der Waals surface area contributed by atoms with E-state index in [4.69, 9.17) is 4.74 Å². The molecule has 0 spiro atoms. The third-order valence-corrected chi connectivity index (χ3v) is 3.45. The average Bonchev–Trinajstić information content (AvgIpc) is 2.42. The van der Waals surface area contributed by atoms with Crippen LogP contribution in [-0.2, 0) is 9.53 Å². The molecule has 1 aromatic carbocycles. The molecule has 1 fully saturated rings. The van der Waals surface area contributed by atoms with Gasteiger partial charge in [-0.3, -0.25) is 9.80 Å². The highest BCUT2D eigenvalue weighted by molar-refractivity contribution is 5.80. The first-order valence-corrected chi connectivity index (χ1v) is 7.40. The molecule has 0 bridgehead atoms. The molecule has 1 atom stereocenters. The van der Waals surface area contributed by atoms with Crippen molar-refractivity contribution in [1.82, 2.24) is 10.4 Å². The standard InChI is InChI=1S/C16H20F2N2O3/c1-16(2,3)23-15(22)19-20-7-6-10(8-14(20)21)12-9-11(17)4-5-13(12)18/h4-5,9-10H,6-8H2,1-3H3,(H,19,22)/t10-/m1/s1. The molecule has 1 aliphatic rings. The highest BCUT2D eigenvalue weighted by Crippen LogP contribution is 2.30. The van der Waals surface area contributed by atoms with Crippen LogP contribution in [0.4, 0.5) is 13.6 Å². The van der Waals surface area contributed by atoms with Crippen LogP contribution in [0.3, 0.4) is 0 Å². The second-order valence-corrected chi connectivity index (χ2v) is 6.51. The lowest BCUT2D eigenvalue weighted by Crippen LogP contribution is -2.51. The molecule has 1 aliphatic heterocycles. The molecule has 1 N–H and O–H groups in total. The van der Waals surface area contributed by atoms with Gasteiger partial charge in [0.2, 0.25) is 5.91 Å². The van der Waals surface area contributed by atoms with Gasteiger partial charge in [0.15, 0.2) is 0 Å². The monoisotopic (exact) mass is 326 g/mol. The van der Waals surface area contributed by atoms with Gasteiger partial charge in [0.25, 0.3) is 0 Å². The largest absolute Gasteiger partial charge is 0.443 e. The van der Waals surface area contributed by atoms with Crippen LogP contribution >= 0.6 is 0 Å². The predicted octanol–water partition coefficient (Wildman–Crippen LogP) is 3.11. The van der Waals surface area contributed by atoms with Crippen LogP contribution in [0.1, 0.15) is 45.1 Å². The number of rotatable bonds is 2. The number of benzene rings is 1. The Morgan fingerprint density at radius 3 is 2.65 bits per heavy atom. The molecule has 0 unspecified atom stereocenters. The summed E-state index contributed by atoms with van der Waals surface area (Å²) in [5.74, 6) is -1.84. The van der Waals surface area contributed by atoms with E-state index in [0.717, 1.165) is 23.2 Å². The summed E-state index contributed by atoms with van der Waals surface area (Å²) in [5, 5.41) is 1.15. The molecule has 1 saturated heterocycles. The Balaban J connectivity index is 1.99. The van der Waals surface area contributed by atoms with Crippen LogP contribution in [0.5, 0.6) is 0 Å². The van der Waals surface area contributed by atoms with Crippen LogP contribution in [0.2, 0.25) is 0 Å². The molecule has 0 aromatic heterocycles. The fourth-order valence-electron chi connectivity index (χ4n) is 2.45. The molecule has 1 aromatic rings. The first kappa shape index (κ1) is 17.2. The summed E-state index contributed by atoms with van der Waals surface area (Å²) in [6.45, 7) is 5.35. The van der Waals surface area contributed by atoms with E-state index in [1.54, 1.807) is 20.8 Å². The molecular weight excluding hydrogens is 306 g/mol. The molecule has 0 aliphatic carbocycles. The average molecular weight is 326 g/mol. The summed E-state index contributed by atoms with van der Waals surface area (Å²) < 4.78 is 32.1. The van der Waals surface area contributed by atoms with Gasteiger partial charge in [0, 0.05) is 13.0 Å². The molecule has 2 rings (SSSR count). The molecule has 5 nitrogen and oxygen atoms in total. The number of hydrogen-bond acceptors (Lipinski definition) is 3. The maximum Gasteiger partial charge on any atom is 0.426 e. The van der Waals surface area contributed by atoms with E-state index in [1.807, 2.05) is 0 Å².